The Bertz CT molecular complexity index is 1010. The van der Waals surface area contributed by atoms with E-state index in [1.807, 2.05) is 0 Å². The van der Waals surface area contributed by atoms with Gasteiger partial charge in [0.25, 0.3) is 5.91 Å². The van der Waals surface area contributed by atoms with E-state index in [9.17, 15) is 24.1 Å². The van der Waals surface area contributed by atoms with E-state index < -0.39 is 34.4 Å². The third-order valence-corrected chi connectivity index (χ3v) is 4.38. The molecule has 1 unspecified atom stereocenters. The lowest BCUT2D eigenvalue weighted by atomic mass is 10.2. The number of fused-ring (bicyclic) bond motifs is 1. The second kappa shape index (κ2) is 8.95. The number of benzene rings is 2. The van der Waals surface area contributed by atoms with Crippen molar-refractivity contribution < 1.29 is 33.1 Å². The Kier molecular flexibility index (Phi) is 6.36. The van der Waals surface area contributed by atoms with Gasteiger partial charge in [0.2, 0.25) is 5.82 Å². The Hall–Kier alpha value is -3.40. The molecular weight excluding hydrogens is 423 g/mol. The van der Waals surface area contributed by atoms with Crippen LogP contribution in [0.2, 0.25) is 5.02 Å². The summed E-state index contributed by atoms with van der Waals surface area (Å²) in [6.07, 6.45) is -0.597. The van der Waals surface area contributed by atoms with Crippen LogP contribution >= 0.6 is 11.6 Å². The van der Waals surface area contributed by atoms with Crippen molar-refractivity contribution in [2.24, 2.45) is 0 Å². The topological polar surface area (TPSA) is 117 Å². The van der Waals surface area contributed by atoms with Gasteiger partial charge in [0.05, 0.1) is 28.7 Å². The molecule has 0 saturated heterocycles. The standard InChI is InChI=1S/C19H16ClFN2O7/c1-10(18(24)22-12-3-4-14(21)15(9-12)23(26)27)30-19(25)11-7-13(20)17-16(8-11)28-5-2-6-29-17/h3-4,7-10H,2,5-6H2,1H3,(H,22,24). The molecule has 0 bridgehead atoms. The Morgan fingerprint density at radius 2 is 2.00 bits per heavy atom. The summed E-state index contributed by atoms with van der Waals surface area (Å²) in [6, 6.07) is 5.61. The number of nitrogens with one attached hydrogen (secondary N) is 1. The van der Waals surface area contributed by atoms with Crippen LogP contribution in [0.4, 0.5) is 15.8 Å². The normalized spacial score (nSPS) is 13.7. The molecule has 1 aliphatic rings. The van der Waals surface area contributed by atoms with E-state index in [1.165, 1.54) is 19.1 Å². The van der Waals surface area contributed by atoms with Gasteiger partial charge in [0.15, 0.2) is 17.6 Å². The lowest BCUT2D eigenvalue weighted by Crippen LogP contribution is -2.30. The first-order valence-electron chi connectivity index (χ1n) is 8.81. The quantitative estimate of drug-likeness (QED) is 0.429. The van der Waals surface area contributed by atoms with E-state index in [0.717, 1.165) is 18.2 Å². The van der Waals surface area contributed by atoms with Crippen LogP contribution in [-0.4, -0.2) is 36.1 Å². The van der Waals surface area contributed by atoms with Crippen molar-refractivity contribution in [3.8, 4) is 11.5 Å². The van der Waals surface area contributed by atoms with E-state index >= 15 is 0 Å². The van der Waals surface area contributed by atoms with Crippen molar-refractivity contribution in [1.29, 1.82) is 0 Å². The van der Waals surface area contributed by atoms with Crippen molar-refractivity contribution in [2.45, 2.75) is 19.4 Å². The molecule has 11 heteroatoms. The van der Waals surface area contributed by atoms with Gasteiger partial charge in [-0.05, 0) is 31.2 Å². The van der Waals surface area contributed by atoms with E-state index in [0.29, 0.717) is 31.1 Å². The molecule has 1 aliphatic heterocycles. The lowest BCUT2D eigenvalue weighted by molar-refractivity contribution is -0.387. The van der Waals surface area contributed by atoms with Crippen LogP contribution in [0.3, 0.4) is 0 Å². The van der Waals surface area contributed by atoms with E-state index in [4.69, 9.17) is 25.8 Å². The average Bonchev–Trinajstić information content (AvgIpc) is 2.95. The van der Waals surface area contributed by atoms with Crippen LogP contribution in [0.1, 0.15) is 23.7 Å². The number of halogens is 2. The molecular formula is C19H16ClFN2O7. The molecule has 1 heterocycles. The summed E-state index contributed by atoms with van der Waals surface area (Å²) >= 11 is 6.15. The maximum absolute atomic E-state index is 13.4. The molecule has 9 nitrogen and oxygen atoms in total. The van der Waals surface area contributed by atoms with Crippen molar-refractivity contribution in [2.75, 3.05) is 18.5 Å². The summed E-state index contributed by atoms with van der Waals surface area (Å²) in [6.45, 7) is 2.13. The molecule has 30 heavy (non-hydrogen) atoms. The summed E-state index contributed by atoms with van der Waals surface area (Å²) in [7, 11) is 0. The predicted molar refractivity (Wildman–Crippen MR) is 104 cm³/mol. The van der Waals surface area contributed by atoms with Gasteiger partial charge in [-0.25, -0.2) is 4.79 Å². The number of amides is 1. The SMILES string of the molecule is CC(OC(=O)c1cc(Cl)c2c(c1)OCCCO2)C(=O)Nc1ccc(F)c([N+](=O)[O-])c1. The average molecular weight is 439 g/mol. The zero-order chi connectivity index (χ0) is 21.8. The number of hydrogen-bond donors (Lipinski definition) is 1. The van der Waals surface area contributed by atoms with Gasteiger partial charge in [-0.2, -0.15) is 4.39 Å². The Balaban J connectivity index is 1.69. The third-order valence-electron chi connectivity index (χ3n) is 4.10. The van der Waals surface area contributed by atoms with Gasteiger partial charge < -0.3 is 19.5 Å². The fraction of sp³-hybridized carbons (Fsp3) is 0.263. The van der Waals surface area contributed by atoms with Gasteiger partial charge >= 0.3 is 11.7 Å². The Morgan fingerprint density at radius 3 is 2.73 bits per heavy atom. The molecule has 0 aromatic heterocycles. The zero-order valence-corrected chi connectivity index (χ0v) is 16.4. The number of hydrogen-bond acceptors (Lipinski definition) is 7. The second-order valence-corrected chi connectivity index (χ2v) is 6.70. The number of nitro benzene ring substituents is 1. The van der Waals surface area contributed by atoms with E-state index in [-0.39, 0.29) is 16.3 Å². The summed E-state index contributed by atoms with van der Waals surface area (Å²) in [4.78, 5) is 34.6. The minimum Gasteiger partial charge on any atom is -0.489 e. The lowest BCUT2D eigenvalue weighted by Gasteiger charge is -2.15. The Labute approximate surface area is 174 Å². The molecule has 1 atom stereocenters. The number of carbonyl (C=O) groups is 2. The number of anilines is 1. The minimum absolute atomic E-state index is 0.0189. The monoisotopic (exact) mass is 438 g/mol. The van der Waals surface area contributed by atoms with E-state index in [2.05, 4.69) is 5.32 Å². The number of nitro groups is 1. The molecule has 0 spiro atoms. The largest absolute Gasteiger partial charge is 0.489 e. The van der Waals surface area contributed by atoms with E-state index in [1.54, 1.807) is 0 Å². The molecule has 158 valence electrons. The first-order chi connectivity index (χ1) is 14.3. The molecule has 3 rings (SSSR count). The van der Waals surface area contributed by atoms with Crippen LogP contribution < -0.4 is 14.8 Å². The highest BCUT2D eigenvalue weighted by Crippen LogP contribution is 2.38. The van der Waals surface area contributed by atoms with Crippen LogP contribution in [0.15, 0.2) is 30.3 Å². The van der Waals surface area contributed by atoms with Gasteiger partial charge in [-0.3, -0.25) is 14.9 Å². The number of carbonyl (C=O) groups excluding carboxylic acids is 2. The van der Waals surface area contributed by atoms with Crippen LogP contribution in [0, 0.1) is 15.9 Å². The maximum Gasteiger partial charge on any atom is 0.339 e. The molecule has 0 saturated carbocycles. The maximum atomic E-state index is 13.4. The summed E-state index contributed by atoms with van der Waals surface area (Å²) in [5, 5.41) is 13.3. The van der Waals surface area contributed by atoms with Crippen molar-refractivity contribution in [3.63, 3.8) is 0 Å². The smallest absolute Gasteiger partial charge is 0.339 e. The van der Waals surface area contributed by atoms with Crippen LogP contribution in [0.5, 0.6) is 11.5 Å². The fourth-order valence-electron chi connectivity index (χ4n) is 2.60. The van der Waals surface area contributed by atoms with Crippen molar-refractivity contribution in [1.82, 2.24) is 0 Å². The molecule has 0 aliphatic carbocycles. The van der Waals surface area contributed by atoms with Gasteiger partial charge in [-0.15, -0.1) is 0 Å². The number of ether oxygens (including phenoxy) is 3. The summed E-state index contributed by atoms with van der Waals surface area (Å²) in [5.41, 5.74) is -0.754. The first-order valence-corrected chi connectivity index (χ1v) is 9.19. The predicted octanol–water partition coefficient (Wildman–Crippen LogP) is 3.73. The second-order valence-electron chi connectivity index (χ2n) is 6.30. The van der Waals surface area contributed by atoms with Crippen molar-refractivity contribution >= 4 is 34.9 Å². The highest BCUT2D eigenvalue weighted by Gasteiger charge is 2.24. The number of esters is 1. The first kappa shape index (κ1) is 21.3. The Morgan fingerprint density at radius 1 is 1.27 bits per heavy atom. The molecule has 1 amide bonds. The highest BCUT2D eigenvalue weighted by atomic mass is 35.5. The van der Waals surface area contributed by atoms with Crippen LogP contribution in [0.25, 0.3) is 0 Å². The molecule has 0 radical (unpaired) electrons. The fourth-order valence-corrected chi connectivity index (χ4v) is 2.87. The van der Waals surface area contributed by atoms with Gasteiger partial charge in [-0.1, -0.05) is 11.6 Å². The molecule has 0 fully saturated rings. The number of nitrogens with zero attached hydrogens (tertiary/aromatic N) is 1. The molecule has 1 N–H and O–H groups in total. The minimum atomic E-state index is -1.25. The number of rotatable bonds is 5. The summed E-state index contributed by atoms with van der Waals surface area (Å²) < 4.78 is 29.5. The zero-order valence-electron chi connectivity index (χ0n) is 15.6. The third kappa shape index (κ3) is 4.77. The van der Waals surface area contributed by atoms with Gasteiger partial charge in [0.1, 0.15) is 0 Å². The highest BCUT2D eigenvalue weighted by molar-refractivity contribution is 6.32. The molecule has 2 aromatic rings. The van der Waals surface area contributed by atoms with Crippen molar-refractivity contribution in [3.05, 3.63) is 56.8 Å². The van der Waals surface area contributed by atoms with Crippen LogP contribution in [-0.2, 0) is 9.53 Å². The molecule has 2 aromatic carbocycles. The summed E-state index contributed by atoms with van der Waals surface area (Å²) in [5.74, 6) is -2.01. The van der Waals surface area contributed by atoms with Gasteiger partial charge in [0, 0.05) is 18.2 Å².